The van der Waals surface area contributed by atoms with Gasteiger partial charge in [0, 0.05) is 18.3 Å². The number of hydrogen-bond acceptors (Lipinski definition) is 2. The number of anilines is 1. The van der Waals surface area contributed by atoms with Crippen molar-refractivity contribution in [1.82, 2.24) is 4.57 Å². The molecule has 1 aromatic carbocycles. The van der Waals surface area contributed by atoms with Gasteiger partial charge in [0.2, 0.25) is 0 Å². The van der Waals surface area contributed by atoms with Gasteiger partial charge in [-0.2, -0.15) is 0 Å². The molecular formula is C13H14N2O. The molecule has 1 heterocycles. The first-order valence-electron chi connectivity index (χ1n) is 5.13. The predicted molar refractivity (Wildman–Crippen MR) is 66.3 cm³/mol. The summed E-state index contributed by atoms with van der Waals surface area (Å²) in [6, 6.07) is 11.7. The van der Waals surface area contributed by atoms with Crippen molar-refractivity contribution < 1.29 is 0 Å². The Labute approximate surface area is 94.1 Å². The molecule has 0 amide bonds. The molecule has 1 aromatic heterocycles. The Balaban J connectivity index is 2.73. The maximum atomic E-state index is 11.6. The molecule has 0 atom stereocenters. The number of rotatable bonds is 1. The third kappa shape index (κ3) is 1.60. The molecule has 0 radical (unpaired) electrons. The predicted octanol–water partition coefficient (Wildman–Crippen LogP) is 1.94. The number of hydrogen-bond donors (Lipinski definition) is 1. The van der Waals surface area contributed by atoms with Crippen molar-refractivity contribution in [2.75, 3.05) is 5.73 Å². The summed E-state index contributed by atoms with van der Waals surface area (Å²) >= 11 is 0. The lowest BCUT2D eigenvalue weighted by Gasteiger charge is -2.11. The average Bonchev–Trinajstić information content (AvgIpc) is 2.32. The Kier molecular flexibility index (Phi) is 2.52. The second-order valence-electron chi connectivity index (χ2n) is 3.83. The lowest BCUT2D eigenvalue weighted by molar-refractivity contribution is 0.824. The molecule has 0 spiro atoms. The van der Waals surface area contributed by atoms with Crippen molar-refractivity contribution >= 4 is 5.69 Å². The minimum absolute atomic E-state index is 0.141. The summed E-state index contributed by atoms with van der Waals surface area (Å²) in [5, 5.41) is 0. The van der Waals surface area contributed by atoms with Gasteiger partial charge < -0.3 is 10.3 Å². The van der Waals surface area contributed by atoms with E-state index in [-0.39, 0.29) is 11.2 Å². The Bertz CT molecular complexity index is 570. The zero-order chi connectivity index (χ0) is 11.7. The molecular weight excluding hydrogens is 200 g/mol. The van der Waals surface area contributed by atoms with Crippen LogP contribution < -0.4 is 11.3 Å². The summed E-state index contributed by atoms with van der Waals surface area (Å²) in [7, 11) is 1.74. The monoisotopic (exact) mass is 214 g/mol. The van der Waals surface area contributed by atoms with Gasteiger partial charge in [0.15, 0.2) is 0 Å². The highest BCUT2D eigenvalue weighted by molar-refractivity contribution is 5.69. The second kappa shape index (κ2) is 3.85. The zero-order valence-electron chi connectivity index (χ0n) is 9.40. The molecule has 0 saturated heterocycles. The Morgan fingerprint density at radius 1 is 1.19 bits per heavy atom. The van der Waals surface area contributed by atoms with E-state index < -0.39 is 0 Å². The van der Waals surface area contributed by atoms with Gasteiger partial charge in [-0.15, -0.1) is 0 Å². The molecule has 0 saturated carbocycles. The van der Waals surface area contributed by atoms with Crippen LogP contribution in [0.2, 0.25) is 0 Å². The number of aromatic nitrogens is 1. The van der Waals surface area contributed by atoms with E-state index in [1.165, 1.54) is 0 Å². The molecule has 0 fully saturated rings. The molecule has 2 rings (SSSR count). The number of benzene rings is 1. The van der Waals surface area contributed by atoms with E-state index >= 15 is 0 Å². The van der Waals surface area contributed by atoms with Gasteiger partial charge in [0.05, 0.1) is 5.69 Å². The molecule has 2 aromatic rings. The van der Waals surface area contributed by atoms with E-state index in [2.05, 4.69) is 0 Å². The van der Waals surface area contributed by atoms with Gasteiger partial charge in [-0.25, -0.2) is 0 Å². The number of nitrogens with two attached hydrogens (primary N) is 1. The summed E-state index contributed by atoms with van der Waals surface area (Å²) in [4.78, 5) is 11.6. The summed E-state index contributed by atoms with van der Waals surface area (Å²) in [5.41, 5.74) is 8.83. The first-order valence-corrected chi connectivity index (χ1v) is 5.13. The Morgan fingerprint density at radius 3 is 2.44 bits per heavy atom. The summed E-state index contributed by atoms with van der Waals surface area (Å²) in [5.74, 6) is 0. The fourth-order valence-corrected chi connectivity index (χ4v) is 1.76. The van der Waals surface area contributed by atoms with Gasteiger partial charge in [-0.05, 0) is 18.6 Å². The van der Waals surface area contributed by atoms with Crippen LogP contribution in [0.3, 0.4) is 0 Å². The Morgan fingerprint density at radius 2 is 1.81 bits per heavy atom. The van der Waals surface area contributed by atoms with E-state index in [0.717, 1.165) is 16.8 Å². The minimum atomic E-state index is -0.141. The zero-order valence-corrected chi connectivity index (χ0v) is 9.40. The van der Waals surface area contributed by atoms with Crippen LogP contribution in [0, 0.1) is 6.92 Å². The van der Waals surface area contributed by atoms with Crippen molar-refractivity contribution in [2.24, 2.45) is 7.05 Å². The van der Waals surface area contributed by atoms with Crippen LogP contribution in [0.4, 0.5) is 5.69 Å². The van der Waals surface area contributed by atoms with Gasteiger partial charge >= 0.3 is 0 Å². The lowest BCUT2D eigenvalue weighted by Crippen LogP contribution is -2.22. The maximum absolute atomic E-state index is 11.6. The van der Waals surface area contributed by atoms with Crippen LogP contribution in [0.25, 0.3) is 11.1 Å². The molecule has 0 bridgehead atoms. The van der Waals surface area contributed by atoms with Gasteiger partial charge in [-0.1, -0.05) is 30.3 Å². The molecule has 2 N–H and O–H groups in total. The lowest BCUT2D eigenvalue weighted by atomic mass is 10.0. The highest BCUT2D eigenvalue weighted by atomic mass is 16.1. The maximum Gasteiger partial charge on any atom is 0.273 e. The smallest absolute Gasteiger partial charge is 0.273 e. The van der Waals surface area contributed by atoms with Crippen LogP contribution >= 0.6 is 0 Å². The summed E-state index contributed by atoms with van der Waals surface area (Å²) in [6.07, 6.45) is 0. The fraction of sp³-hybridized carbons (Fsp3) is 0.154. The SMILES string of the molecule is Cc1c(-c2ccccc2)cc(N)c(=O)n1C. The first kappa shape index (κ1) is 10.5. The van der Waals surface area contributed by atoms with Crippen LogP contribution in [0.5, 0.6) is 0 Å². The van der Waals surface area contributed by atoms with Crippen molar-refractivity contribution in [3.8, 4) is 11.1 Å². The van der Waals surface area contributed by atoms with E-state index in [1.54, 1.807) is 17.7 Å². The molecule has 0 aliphatic rings. The van der Waals surface area contributed by atoms with E-state index in [1.807, 2.05) is 37.3 Å². The summed E-state index contributed by atoms with van der Waals surface area (Å²) < 4.78 is 1.58. The quantitative estimate of drug-likeness (QED) is 0.788. The van der Waals surface area contributed by atoms with E-state index in [4.69, 9.17) is 5.73 Å². The molecule has 0 aliphatic carbocycles. The molecule has 0 unspecified atom stereocenters. The van der Waals surface area contributed by atoms with E-state index in [0.29, 0.717) is 0 Å². The standard InChI is InChI=1S/C13H14N2O/c1-9-11(10-6-4-3-5-7-10)8-12(14)13(16)15(9)2/h3-8H,14H2,1-2H3. The third-order valence-electron chi connectivity index (χ3n) is 2.83. The van der Waals surface area contributed by atoms with Crippen LogP contribution in [0.1, 0.15) is 5.69 Å². The molecule has 0 aliphatic heterocycles. The van der Waals surface area contributed by atoms with Crippen molar-refractivity contribution in [1.29, 1.82) is 0 Å². The van der Waals surface area contributed by atoms with Crippen molar-refractivity contribution in [3.05, 3.63) is 52.4 Å². The van der Waals surface area contributed by atoms with Crippen molar-refractivity contribution in [3.63, 3.8) is 0 Å². The normalized spacial score (nSPS) is 10.4. The fourth-order valence-electron chi connectivity index (χ4n) is 1.76. The summed E-state index contributed by atoms with van der Waals surface area (Å²) in [6.45, 7) is 1.92. The second-order valence-corrected chi connectivity index (χ2v) is 3.83. The molecule has 3 heteroatoms. The first-order chi connectivity index (χ1) is 7.61. The van der Waals surface area contributed by atoms with Gasteiger partial charge in [0.1, 0.15) is 0 Å². The van der Waals surface area contributed by atoms with Crippen LogP contribution in [0.15, 0.2) is 41.2 Å². The number of nitrogens with zero attached hydrogens (tertiary/aromatic N) is 1. The highest BCUT2D eigenvalue weighted by Gasteiger charge is 2.08. The van der Waals surface area contributed by atoms with Crippen LogP contribution in [-0.4, -0.2) is 4.57 Å². The average molecular weight is 214 g/mol. The largest absolute Gasteiger partial charge is 0.394 e. The number of nitrogen functional groups attached to an aromatic ring is 1. The molecule has 3 nitrogen and oxygen atoms in total. The third-order valence-corrected chi connectivity index (χ3v) is 2.83. The van der Waals surface area contributed by atoms with Gasteiger partial charge in [0.25, 0.3) is 5.56 Å². The minimum Gasteiger partial charge on any atom is -0.394 e. The van der Waals surface area contributed by atoms with Crippen molar-refractivity contribution in [2.45, 2.75) is 6.92 Å². The topological polar surface area (TPSA) is 48.0 Å². The Hall–Kier alpha value is -2.03. The number of pyridine rings is 1. The molecule has 16 heavy (non-hydrogen) atoms. The van der Waals surface area contributed by atoms with Crippen LogP contribution in [-0.2, 0) is 7.05 Å². The van der Waals surface area contributed by atoms with E-state index in [9.17, 15) is 4.79 Å². The van der Waals surface area contributed by atoms with Gasteiger partial charge in [-0.3, -0.25) is 4.79 Å². The molecule has 82 valence electrons. The highest BCUT2D eigenvalue weighted by Crippen LogP contribution is 2.22.